The molecule has 0 radical (unpaired) electrons. The Morgan fingerprint density at radius 3 is 2.50 bits per heavy atom. The number of aromatic hydroxyl groups is 2. The molecule has 4 rings (SSSR count). The molecule has 0 amide bonds. The number of ether oxygens (including phenoxy) is 6. The molecule has 2 fully saturated rings. The number of rotatable bonds is 2. The van der Waals surface area contributed by atoms with Gasteiger partial charge in [0.25, 0.3) is 0 Å². The number of esters is 2. The van der Waals surface area contributed by atoms with Crippen molar-refractivity contribution >= 4 is 11.9 Å². The van der Waals surface area contributed by atoms with Crippen LogP contribution in [0.25, 0.3) is 0 Å². The lowest BCUT2D eigenvalue weighted by Crippen LogP contribution is -2.60. The fraction of sp³-hybridized carbons (Fsp3) is 0.520. The fourth-order valence-corrected chi connectivity index (χ4v) is 4.50. The molecule has 5 N–H and O–H groups in total. The molecule has 13 heteroatoms. The van der Waals surface area contributed by atoms with Crippen LogP contribution in [0, 0.1) is 5.92 Å². The number of cyclic esters (lactones) is 1. The Labute approximate surface area is 217 Å². The highest BCUT2D eigenvalue weighted by atomic mass is 16.8. The Morgan fingerprint density at radius 1 is 1.05 bits per heavy atom. The van der Waals surface area contributed by atoms with Crippen molar-refractivity contribution in [1.82, 2.24) is 0 Å². The van der Waals surface area contributed by atoms with Crippen molar-refractivity contribution in [3.05, 3.63) is 47.2 Å². The summed E-state index contributed by atoms with van der Waals surface area (Å²) in [6, 6.07) is 3.89. The number of aliphatic hydroxyl groups excluding tert-OH is 3. The van der Waals surface area contributed by atoms with Crippen LogP contribution in [0.2, 0.25) is 0 Å². The molecule has 3 heterocycles. The second kappa shape index (κ2) is 11.7. The maximum absolute atomic E-state index is 12.9. The summed E-state index contributed by atoms with van der Waals surface area (Å²) in [5.74, 6) is -3.13. The first-order valence-electron chi connectivity index (χ1n) is 11.9. The van der Waals surface area contributed by atoms with E-state index in [0.29, 0.717) is 11.1 Å². The van der Waals surface area contributed by atoms with Gasteiger partial charge in [0.15, 0.2) is 17.8 Å². The van der Waals surface area contributed by atoms with Crippen molar-refractivity contribution < 1.29 is 63.5 Å². The molecule has 0 aliphatic carbocycles. The summed E-state index contributed by atoms with van der Waals surface area (Å²) in [6.07, 6.45) is -7.44. The monoisotopic (exact) mass is 538 g/mol. The van der Waals surface area contributed by atoms with E-state index in [4.69, 9.17) is 28.4 Å². The molecule has 13 nitrogen and oxygen atoms in total. The van der Waals surface area contributed by atoms with Crippen LogP contribution >= 0.6 is 0 Å². The van der Waals surface area contributed by atoms with Crippen LogP contribution in [0.15, 0.2) is 41.7 Å². The topological polar surface area (TPSA) is 191 Å². The van der Waals surface area contributed by atoms with Crippen LogP contribution in [0.5, 0.6) is 11.5 Å². The molecule has 0 saturated carbocycles. The predicted molar refractivity (Wildman–Crippen MR) is 124 cm³/mol. The molecule has 8 atom stereocenters. The summed E-state index contributed by atoms with van der Waals surface area (Å²) in [4.78, 5) is 25.3. The number of phenols is 2. The Balaban J connectivity index is 1.70. The molecule has 208 valence electrons. The van der Waals surface area contributed by atoms with Gasteiger partial charge in [-0.15, -0.1) is 0 Å². The largest absolute Gasteiger partial charge is 0.504 e. The Hall–Kier alpha value is -3.20. The molecule has 1 aromatic carbocycles. The Bertz CT molecular complexity index is 1100. The van der Waals surface area contributed by atoms with Gasteiger partial charge in [0.1, 0.15) is 37.1 Å². The molecule has 0 aromatic heterocycles. The van der Waals surface area contributed by atoms with E-state index in [0.717, 1.165) is 6.26 Å². The SMILES string of the molecule is C/C=C1/C2OC=C(C(=O)OC)[C@@H]1CC(=O)OCC(c1ccc(O)c(O)c1)OCC1O[C@@H](O2)[C@@H](O)[C@@H](O)C1O. The number of fused-ring (bicyclic) bond motifs is 4. The lowest BCUT2D eigenvalue weighted by atomic mass is 9.86. The summed E-state index contributed by atoms with van der Waals surface area (Å²) in [7, 11) is 1.18. The highest BCUT2D eigenvalue weighted by molar-refractivity contribution is 5.90. The van der Waals surface area contributed by atoms with E-state index in [1.807, 2.05) is 0 Å². The second-order valence-electron chi connectivity index (χ2n) is 8.98. The summed E-state index contributed by atoms with van der Waals surface area (Å²) in [5.41, 5.74) is 0.694. The van der Waals surface area contributed by atoms with Gasteiger partial charge in [-0.25, -0.2) is 4.79 Å². The Morgan fingerprint density at radius 2 is 1.82 bits per heavy atom. The number of allylic oxidation sites excluding steroid dienone is 1. The molecule has 2 saturated heterocycles. The van der Waals surface area contributed by atoms with Crippen LogP contribution < -0.4 is 0 Å². The van der Waals surface area contributed by atoms with Crippen LogP contribution in [0.3, 0.4) is 0 Å². The van der Waals surface area contributed by atoms with Gasteiger partial charge in [-0.2, -0.15) is 0 Å². The average molecular weight is 539 g/mol. The van der Waals surface area contributed by atoms with E-state index in [-0.39, 0.29) is 31.0 Å². The number of aliphatic hydroxyl groups is 3. The van der Waals surface area contributed by atoms with Crippen molar-refractivity contribution in [1.29, 1.82) is 0 Å². The summed E-state index contributed by atoms with van der Waals surface area (Å²) in [5, 5.41) is 51.1. The molecule has 3 aliphatic rings. The summed E-state index contributed by atoms with van der Waals surface area (Å²) >= 11 is 0. The van der Waals surface area contributed by atoms with Crippen molar-refractivity contribution in [2.75, 3.05) is 20.3 Å². The predicted octanol–water partition coefficient (Wildman–Crippen LogP) is -0.0977. The average Bonchev–Trinajstić information content (AvgIpc) is 2.90. The second-order valence-corrected chi connectivity index (χ2v) is 8.98. The molecule has 0 spiro atoms. The minimum Gasteiger partial charge on any atom is -0.504 e. The smallest absolute Gasteiger partial charge is 0.337 e. The summed E-state index contributed by atoms with van der Waals surface area (Å²) in [6.45, 7) is 0.954. The van der Waals surface area contributed by atoms with Crippen LogP contribution in [-0.4, -0.2) is 94.8 Å². The zero-order valence-corrected chi connectivity index (χ0v) is 20.6. The molecule has 4 unspecified atom stereocenters. The third-order valence-corrected chi connectivity index (χ3v) is 6.65. The normalized spacial score (nSPS) is 35.3. The number of benzene rings is 1. The van der Waals surface area contributed by atoms with Gasteiger partial charge in [-0.05, 0) is 24.6 Å². The minimum absolute atomic E-state index is 0.0270. The van der Waals surface area contributed by atoms with Gasteiger partial charge < -0.3 is 54.0 Å². The van der Waals surface area contributed by atoms with E-state index in [1.54, 1.807) is 13.0 Å². The number of phenolic OH excluding ortho intramolecular Hbond substituents is 2. The van der Waals surface area contributed by atoms with Crippen molar-refractivity contribution in [3.8, 4) is 11.5 Å². The van der Waals surface area contributed by atoms with Crippen LogP contribution in [0.4, 0.5) is 0 Å². The lowest BCUT2D eigenvalue weighted by molar-refractivity contribution is -0.330. The Kier molecular flexibility index (Phi) is 8.55. The van der Waals surface area contributed by atoms with E-state index < -0.39 is 66.7 Å². The van der Waals surface area contributed by atoms with Gasteiger partial charge in [0.05, 0.1) is 32.0 Å². The number of carbonyl (C=O) groups excluding carboxylic acids is 2. The number of hydrogen-bond acceptors (Lipinski definition) is 13. The summed E-state index contributed by atoms with van der Waals surface area (Å²) < 4.78 is 33.2. The quantitative estimate of drug-likeness (QED) is 0.191. The highest BCUT2D eigenvalue weighted by Gasteiger charge is 2.47. The van der Waals surface area contributed by atoms with Gasteiger partial charge in [0.2, 0.25) is 6.29 Å². The number of carbonyl (C=O) groups is 2. The fourth-order valence-electron chi connectivity index (χ4n) is 4.50. The van der Waals surface area contributed by atoms with Gasteiger partial charge >= 0.3 is 11.9 Å². The zero-order chi connectivity index (χ0) is 27.6. The zero-order valence-electron chi connectivity index (χ0n) is 20.6. The third-order valence-electron chi connectivity index (χ3n) is 6.65. The molecular weight excluding hydrogens is 508 g/mol. The minimum atomic E-state index is -1.67. The first-order chi connectivity index (χ1) is 18.1. The molecular formula is C25H30O13. The van der Waals surface area contributed by atoms with E-state index in [2.05, 4.69) is 0 Å². The van der Waals surface area contributed by atoms with Gasteiger partial charge in [0, 0.05) is 11.5 Å². The first kappa shape index (κ1) is 27.8. The molecule has 1 aromatic rings. The highest BCUT2D eigenvalue weighted by Crippen LogP contribution is 2.37. The van der Waals surface area contributed by atoms with Crippen molar-refractivity contribution in [3.63, 3.8) is 0 Å². The van der Waals surface area contributed by atoms with Gasteiger partial charge in [-0.1, -0.05) is 12.1 Å². The van der Waals surface area contributed by atoms with E-state index in [9.17, 15) is 35.1 Å². The van der Waals surface area contributed by atoms with Crippen molar-refractivity contribution in [2.45, 2.75) is 56.4 Å². The van der Waals surface area contributed by atoms with Crippen LogP contribution in [-0.2, 0) is 38.0 Å². The van der Waals surface area contributed by atoms with Gasteiger partial charge in [-0.3, -0.25) is 4.79 Å². The van der Waals surface area contributed by atoms with Crippen molar-refractivity contribution in [2.24, 2.45) is 5.92 Å². The van der Waals surface area contributed by atoms with E-state index in [1.165, 1.54) is 25.3 Å². The first-order valence-corrected chi connectivity index (χ1v) is 11.9. The third kappa shape index (κ3) is 5.62. The molecule has 3 aliphatic heterocycles. The standard InChI is InChI=1S/C25H30O13/c1-3-12-13-7-19(28)35-9-17(11-4-5-15(26)16(27)6-11)34-10-18-20(29)21(30)22(31)25(37-18)38-24(12)36-8-14(13)23(32)33-2/h3-6,8,13,17-18,20-22,24-27,29-31H,7,9-10H2,1-2H3/b12-3+/t13-,17?,18?,20?,21+,22+,24?,25+/m1/s1. The lowest BCUT2D eigenvalue weighted by Gasteiger charge is -2.42. The number of methoxy groups -OCH3 is 1. The molecule has 38 heavy (non-hydrogen) atoms. The number of hydrogen-bond donors (Lipinski definition) is 5. The maximum atomic E-state index is 12.9. The maximum Gasteiger partial charge on any atom is 0.337 e. The van der Waals surface area contributed by atoms with Crippen LogP contribution in [0.1, 0.15) is 25.0 Å². The molecule has 4 bridgehead atoms. The van der Waals surface area contributed by atoms with E-state index >= 15 is 0 Å².